The first-order valence-corrected chi connectivity index (χ1v) is 4.85. The number of likely N-dealkylation sites (tertiary alicyclic amines) is 1. The van der Waals surface area contributed by atoms with Gasteiger partial charge >= 0.3 is 0 Å². The quantitative estimate of drug-likeness (QED) is 0.622. The van der Waals surface area contributed by atoms with Crippen molar-refractivity contribution in [2.24, 2.45) is 5.73 Å². The van der Waals surface area contributed by atoms with Crippen LogP contribution in [-0.4, -0.2) is 41.1 Å². The van der Waals surface area contributed by atoms with Gasteiger partial charge in [-0.25, -0.2) is 0 Å². The second-order valence-corrected chi connectivity index (χ2v) is 3.65. The summed E-state index contributed by atoms with van der Waals surface area (Å²) in [4.78, 5) is 13.3. The topological polar surface area (TPSA) is 66.6 Å². The largest absolute Gasteiger partial charge is 0.391 e. The minimum Gasteiger partial charge on any atom is -0.391 e. The Labute approximate surface area is 78.7 Å². The van der Waals surface area contributed by atoms with Crippen LogP contribution in [-0.2, 0) is 4.79 Å². The number of carbonyl (C=O) groups excluding carboxylic acids is 1. The molecule has 0 bridgehead atoms. The number of aliphatic hydroxyl groups is 1. The smallest absolute Gasteiger partial charge is 0.242 e. The first kappa shape index (κ1) is 10.5. The molecular weight excluding hydrogens is 168 g/mol. The highest BCUT2D eigenvalue weighted by Gasteiger charge is 2.25. The van der Waals surface area contributed by atoms with Gasteiger partial charge in [-0.15, -0.1) is 0 Å². The molecule has 13 heavy (non-hydrogen) atoms. The lowest BCUT2D eigenvalue weighted by atomic mass is 10.1. The number of nitrogens with zero attached hydrogens (tertiary/aromatic N) is 1. The van der Waals surface area contributed by atoms with Crippen molar-refractivity contribution in [1.82, 2.24) is 4.90 Å². The van der Waals surface area contributed by atoms with Gasteiger partial charge in [-0.05, 0) is 26.2 Å². The maximum Gasteiger partial charge on any atom is 0.242 e. The summed E-state index contributed by atoms with van der Waals surface area (Å²) in [6.07, 6.45) is 2.54. The molecule has 0 aromatic rings. The van der Waals surface area contributed by atoms with Gasteiger partial charge in [-0.3, -0.25) is 4.79 Å². The summed E-state index contributed by atoms with van der Waals surface area (Å²) in [5, 5.41) is 9.15. The molecule has 0 saturated carbocycles. The molecule has 1 fully saturated rings. The molecule has 76 valence electrons. The molecule has 1 aliphatic heterocycles. The fraction of sp³-hybridized carbons (Fsp3) is 0.889. The Morgan fingerprint density at radius 1 is 1.38 bits per heavy atom. The summed E-state index contributed by atoms with van der Waals surface area (Å²) in [5.41, 5.74) is 5.55. The van der Waals surface area contributed by atoms with E-state index < -0.39 is 12.1 Å². The van der Waals surface area contributed by atoms with E-state index in [2.05, 4.69) is 0 Å². The van der Waals surface area contributed by atoms with E-state index in [0.29, 0.717) is 0 Å². The number of nitrogens with two attached hydrogens (primary N) is 1. The van der Waals surface area contributed by atoms with E-state index in [1.807, 2.05) is 0 Å². The fourth-order valence-electron chi connectivity index (χ4n) is 1.53. The van der Waals surface area contributed by atoms with Gasteiger partial charge in [0.2, 0.25) is 5.91 Å². The zero-order valence-electron chi connectivity index (χ0n) is 8.07. The van der Waals surface area contributed by atoms with Crippen molar-refractivity contribution in [3.05, 3.63) is 0 Å². The number of carbonyl (C=O) groups is 1. The van der Waals surface area contributed by atoms with Crippen LogP contribution < -0.4 is 5.73 Å². The van der Waals surface area contributed by atoms with Crippen LogP contribution in [0.25, 0.3) is 0 Å². The van der Waals surface area contributed by atoms with Gasteiger partial charge in [0.1, 0.15) is 6.04 Å². The zero-order chi connectivity index (χ0) is 9.84. The molecule has 2 atom stereocenters. The van der Waals surface area contributed by atoms with Crippen molar-refractivity contribution < 1.29 is 9.90 Å². The lowest BCUT2D eigenvalue weighted by Gasteiger charge is -2.29. The van der Waals surface area contributed by atoms with E-state index in [-0.39, 0.29) is 5.91 Å². The maximum atomic E-state index is 11.6. The predicted octanol–water partition coefficient (Wildman–Crippen LogP) is -0.293. The molecule has 0 aliphatic carbocycles. The molecule has 0 aromatic carbocycles. The van der Waals surface area contributed by atoms with Crippen molar-refractivity contribution in [3.8, 4) is 0 Å². The minimum atomic E-state index is -0.755. The van der Waals surface area contributed by atoms with Gasteiger partial charge in [-0.1, -0.05) is 0 Å². The van der Waals surface area contributed by atoms with E-state index in [1.165, 1.54) is 6.42 Å². The number of aliphatic hydroxyl groups excluding tert-OH is 1. The van der Waals surface area contributed by atoms with E-state index in [9.17, 15) is 4.79 Å². The lowest BCUT2D eigenvalue weighted by molar-refractivity contribution is -0.135. The number of hydrogen-bond donors (Lipinski definition) is 2. The van der Waals surface area contributed by atoms with Crippen molar-refractivity contribution in [1.29, 1.82) is 0 Å². The molecular formula is C9H18N2O2. The van der Waals surface area contributed by atoms with E-state index >= 15 is 0 Å². The van der Waals surface area contributed by atoms with E-state index in [0.717, 1.165) is 25.9 Å². The summed E-state index contributed by atoms with van der Waals surface area (Å²) in [7, 11) is 0. The monoisotopic (exact) mass is 186 g/mol. The maximum absolute atomic E-state index is 11.6. The van der Waals surface area contributed by atoms with Crippen molar-refractivity contribution >= 4 is 5.91 Å². The Morgan fingerprint density at radius 3 is 2.38 bits per heavy atom. The summed E-state index contributed by atoms with van der Waals surface area (Å²) in [5.74, 6) is -0.116. The number of piperidine rings is 1. The average molecular weight is 186 g/mol. The van der Waals surface area contributed by atoms with E-state index in [1.54, 1.807) is 11.8 Å². The fourth-order valence-corrected chi connectivity index (χ4v) is 1.53. The molecule has 1 amide bonds. The number of hydrogen-bond acceptors (Lipinski definition) is 3. The Balaban J connectivity index is 2.45. The average Bonchev–Trinajstić information content (AvgIpc) is 2.17. The third-order valence-corrected chi connectivity index (χ3v) is 2.47. The van der Waals surface area contributed by atoms with Crippen molar-refractivity contribution in [2.45, 2.75) is 38.3 Å². The van der Waals surface area contributed by atoms with Crippen LogP contribution in [0.3, 0.4) is 0 Å². The first-order valence-electron chi connectivity index (χ1n) is 4.85. The second kappa shape index (κ2) is 4.58. The molecule has 1 heterocycles. The Bertz CT molecular complexity index is 176. The first-order chi connectivity index (χ1) is 6.13. The van der Waals surface area contributed by atoms with E-state index in [4.69, 9.17) is 10.8 Å². The molecule has 1 aliphatic rings. The Hall–Kier alpha value is -0.610. The van der Waals surface area contributed by atoms with Crippen molar-refractivity contribution in [3.63, 3.8) is 0 Å². The van der Waals surface area contributed by atoms with Gasteiger partial charge in [0.25, 0.3) is 0 Å². The van der Waals surface area contributed by atoms with Crippen LogP contribution in [0, 0.1) is 0 Å². The number of rotatable bonds is 2. The van der Waals surface area contributed by atoms with Crippen molar-refractivity contribution in [2.75, 3.05) is 13.1 Å². The molecule has 0 spiro atoms. The molecule has 4 heteroatoms. The highest BCUT2D eigenvalue weighted by molar-refractivity contribution is 5.82. The summed E-state index contributed by atoms with van der Waals surface area (Å²) in [6.45, 7) is 3.13. The normalized spacial score (nSPS) is 22.5. The second-order valence-electron chi connectivity index (χ2n) is 3.65. The van der Waals surface area contributed by atoms with Crippen LogP contribution in [0.5, 0.6) is 0 Å². The minimum absolute atomic E-state index is 0.116. The molecule has 3 N–H and O–H groups in total. The van der Waals surface area contributed by atoms with Gasteiger partial charge < -0.3 is 15.7 Å². The summed E-state index contributed by atoms with van der Waals surface area (Å²) >= 11 is 0. The third kappa shape index (κ3) is 2.67. The third-order valence-electron chi connectivity index (χ3n) is 2.47. The molecule has 0 radical (unpaired) electrons. The summed E-state index contributed by atoms with van der Waals surface area (Å²) in [6, 6.07) is -0.752. The Kier molecular flexibility index (Phi) is 3.69. The highest BCUT2D eigenvalue weighted by Crippen LogP contribution is 2.10. The molecule has 1 unspecified atom stereocenters. The molecule has 1 rings (SSSR count). The van der Waals surface area contributed by atoms with Crippen LogP contribution >= 0.6 is 0 Å². The van der Waals surface area contributed by atoms with Crippen LogP contribution in [0.1, 0.15) is 26.2 Å². The SMILES string of the molecule is CC(O)[C@H](N)C(=O)N1CCCCC1. The number of amides is 1. The molecule has 1 saturated heterocycles. The van der Waals surface area contributed by atoms with Gasteiger partial charge in [-0.2, -0.15) is 0 Å². The highest BCUT2D eigenvalue weighted by atomic mass is 16.3. The van der Waals surface area contributed by atoms with Gasteiger partial charge in [0.15, 0.2) is 0 Å². The van der Waals surface area contributed by atoms with Gasteiger partial charge in [0.05, 0.1) is 6.10 Å². The summed E-state index contributed by atoms with van der Waals surface area (Å²) < 4.78 is 0. The van der Waals surface area contributed by atoms with Gasteiger partial charge in [0, 0.05) is 13.1 Å². The van der Waals surface area contributed by atoms with Crippen LogP contribution in [0.4, 0.5) is 0 Å². The lowest BCUT2D eigenvalue weighted by Crippen LogP contribution is -2.50. The Morgan fingerprint density at radius 2 is 1.92 bits per heavy atom. The molecule has 4 nitrogen and oxygen atoms in total. The standard InChI is InChI=1S/C9H18N2O2/c1-7(12)8(10)9(13)11-5-3-2-4-6-11/h7-8,12H,2-6,10H2,1H3/t7?,8-/m0/s1. The molecule has 0 aromatic heterocycles. The van der Waals surface area contributed by atoms with Crippen LogP contribution in [0.2, 0.25) is 0 Å². The van der Waals surface area contributed by atoms with Crippen LogP contribution in [0.15, 0.2) is 0 Å². The zero-order valence-corrected chi connectivity index (χ0v) is 8.07. The predicted molar refractivity (Wildman–Crippen MR) is 50.1 cm³/mol.